The zero-order chi connectivity index (χ0) is 12.1. The van der Waals surface area contributed by atoms with E-state index in [0.717, 1.165) is 18.4 Å². The maximum Gasteiger partial charge on any atom is 0.232 e. The van der Waals surface area contributed by atoms with E-state index in [1.807, 2.05) is 6.07 Å². The van der Waals surface area contributed by atoms with E-state index in [2.05, 4.69) is 4.98 Å². The summed E-state index contributed by atoms with van der Waals surface area (Å²) >= 11 is 6.13. The average Bonchev–Trinajstić information content (AvgIpc) is 2.60. The summed E-state index contributed by atoms with van der Waals surface area (Å²) in [5.41, 5.74) is 6.47. The van der Waals surface area contributed by atoms with Crippen LogP contribution in [0.15, 0.2) is 12.3 Å². The summed E-state index contributed by atoms with van der Waals surface area (Å²) in [5.74, 6) is 0.552. The largest absolute Gasteiger partial charge is 0.473 e. The zero-order valence-corrected chi connectivity index (χ0v) is 10.7. The van der Waals surface area contributed by atoms with Crippen molar-refractivity contribution in [2.75, 3.05) is 0 Å². The van der Waals surface area contributed by atoms with Crippen molar-refractivity contribution in [3.05, 3.63) is 22.8 Å². The molecule has 0 aliphatic heterocycles. The topological polar surface area (TPSA) is 48.1 Å². The lowest BCUT2D eigenvalue weighted by atomic mass is 10.1. The summed E-state index contributed by atoms with van der Waals surface area (Å²) in [7, 11) is 0. The van der Waals surface area contributed by atoms with Crippen LogP contribution in [0.2, 0.25) is 5.02 Å². The van der Waals surface area contributed by atoms with Gasteiger partial charge in [-0.2, -0.15) is 0 Å². The van der Waals surface area contributed by atoms with Gasteiger partial charge in [-0.05, 0) is 37.3 Å². The number of nitrogens with two attached hydrogens (primary N) is 1. The highest BCUT2D eigenvalue weighted by Crippen LogP contribution is 2.27. The Morgan fingerprint density at radius 2 is 2.00 bits per heavy atom. The lowest BCUT2D eigenvalue weighted by Crippen LogP contribution is -2.16. The van der Waals surface area contributed by atoms with E-state index < -0.39 is 0 Å². The zero-order valence-electron chi connectivity index (χ0n) is 9.99. The fourth-order valence-corrected chi connectivity index (χ4v) is 2.41. The van der Waals surface area contributed by atoms with Crippen LogP contribution in [0.25, 0.3) is 0 Å². The molecule has 0 unspecified atom stereocenters. The molecule has 0 radical (unpaired) electrons. The fraction of sp³-hybridized carbons (Fsp3) is 0.615. The lowest BCUT2D eigenvalue weighted by molar-refractivity contribution is 0.176. The Balaban J connectivity index is 2.01. The molecule has 1 aliphatic carbocycles. The van der Waals surface area contributed by atoms with Gasteiger partial charge in [0, 0.05) is 12.7 Å². The normalized spacial score (nSPS) is 17.8. The number of nitrogens with zero attached hydrogens (tertiary/aromatic N) is 1. The predicted molar refractivity (Wildman–Crippen MR) is 69.3 cm³/mol. The highest BCUT2D eigenvalue weighted by Gasteiger charge is 2.15. The van der Waals surface area contributed by atoms with Gasteiger partial charge >= 0.3 is 0 Å². The SMILES string of the molecule is NCc1cnc(OC2CCCCCC2)c(Cl)c1. The first-order chi connectivity index (χ1) is 8.29. The van der Waals surface area contributed by atoms with Gasteiger partial charge in [0.25, 0.3) is 0 Å². The van der Waals surface area contributed by atoms with Crippen molar-refractivity contribution in [3.63, 3.8) is 0 Å². The monoisotopic (exact) mass is 254 g/mol. The van der Waals surface area contributed by atoms with E-state index in [4.69, 9.17) is 22.1 Å². The number of halogens is 1. The van der Waals surface area contributed by atoms with E-state index in [1.54, 1.807) is 6.20 Å². The first-order valence-corrected chi connectivity index (χ1v) is 6.68. The Morgan fingerprint density at radius 1 is 1.29 bits per heavy atom. The molecule has 1 aliphatic rings. The van der Waals surface area contributed by atoms with Gasteiger partial charge in [0.15, 0.2) is 0 Å². The summed E-state index contributed by atoms with van der Waals surface area (Å²) < 4.78 is 5.88. The molecule has 1 saturated carbocycles. The summed E-state index contributed by atoms with van der Waals surface area (Å²) in [6, 6.07) is 1.83. The van der Waals surface area contributed by atoms with Gasteiger partial charge in [0.05, 0.1) is 0 Å². The number of ether oxygens (including phenoxy) is 1. The van der Waals surface area contributed by atoms with Gasteiger partial charge in [-0.1, -0.05) is 24.4 Å². The van der Waals surface area contributed by atoms with Crippen LogP contribution in [0.3, 0.4) is 0 Å². The Kier molecular flexibility index (Phi) is 4.63. The van der Waals surface area contributed by atoms with Crippen molar-refractivity contribution in [1.82, 2.24) is 4.98 Å². The Labute approximate surface area is 107 Å². The number of aromatic nitrogens is 1. The van der Waals surface area contributed by atoms with Crippen molar-refractivity contribution in [3.8, 4) is 5.88 Å². The second-order valence-electron chi connectivity index (χ2n) is 4.57. The fourth-order valence-electron chi connectivity index (χ4n) is 2.18. The third-order valence-corrected chi connectivity index (χ3v) is 3.45. The molecule has 94 valence electrons. The molecular formula is C13H19ClN2O. The molecule has 1 fully saturated rings. The second kappa shape index (κ2) is 6.22. The van der Waals surface area contributed by atoms with Gasteiger partial charge in [-0.3, -0.25) is 0 Å². The molecule has 0 atom stereocenters. The maximum atomic E-state index is 6.13. The van der Waals surface area contributed by atoms with Crippen LogP contribution in [-0.2, 0) is 6.54 Å². The van der Waals surface area contributed by atoms with Crippen molar-refractivity contribution in [2.45, 2.75) is 51.2 Å². The highest BCUT2D eigenvalue weighted by atomic mass is 35.5. The van der Waals surface area contributed by atoms with E-state index in [-0.39, 0.29) is 6.10 Å². The number of hydrogen-bond acceptors (Lipinski definition) is 3. The molecule has 0 amide bonds. The van der Waals surface area contributed by atoms with Crippen LogP contribution in [0.1, 0.15) is 44.1 Å². The smallest absolute Gasteiger partial charge is 0.232 e. The van der Waals surface area contributed by atoms with E-state index >= 15 is 0 Å². The molecule has 4 heteroatoms. The van der Waals surface area contributed by atoms with Crippen molar-refractivity contribution in [2.24, 2.45) is 5.73 Å². The molecule has 1 aromatic heterocycles. The van der Waals surface area contributed by atoms with Crippen LogP contribution in [0.5, 0.6) is 5.88 Å². The predicted octanol–water partition coefficient (Wildman–Crippen LogP) is 3.30. The van der Waals surface area contributed by atoms with Crippen molar-refractivity contribution >= 4 is 11.6 Å². The van der Waals surface area contributed by atoms with E-state index in [9.17, 15) is 0 Å². The minimum Gasteiger partial charge on any atom is -0.473 e. The van der Waals surface area contributed by atoms with Gasteiger partial charge in [0.1, 0.15) is 11.1 Å². The van der Waals surface area contributed by atoms with Crippen LogP contribution < -0.4 is 10.5 Å². The van der Waals surface area contributed by atoms with Crippen molar-refractivity contribution in [1.29, 1.82) is 0 Å². The summed E-state index contributed by atoms with van der Waals surface area (Å²) in [5, 5.41) is 0.567. The minimum absolute atomic E-state index is 0.270. The molecule has 0 bridgehead atoms. The molecule has 0 aromatic carbocycles. The van der Waals surface area contributed by atoms with Gasteiger partial charge < -0.3 is 10.5 Å². The molecule has 17 heavy (non-hydrogen) atoms. The lowest BCUT2D eigenvalue weighted by Gasteiger charge is -2.17. The van der Waals surface area contributed by atoms with E-state index in [1.165, 1.54) is 25.7 Å². The Bertz CT molecular complexity index is 362. The average molecular weight is 255 g/mol. The van der Waals surface area contributed by atoms with Gasteiger partial charge in [-0.25, -0.2) is 4.98 Å². The van der Waals surface area contributed by atoms with Gasteiger partial charge in [-0.15, -0.1) is 0 Å². The molecule has 0 saturated heterocycles. The van der Waals surface area contributed by atoms with Crippen LogP contribution >= 0.6 is 11.6 Å². The van der Waals surface area contributed by atoms with Gasteiger partial charge in [0.2, 0.25) is 5.88 Å². The quantitative estimate of drug-likeness (QED) is 0.842. The molecule has 3 nitrogen and oxygen atoms in total. The third-order valence-electron chi connectivity index (χ3n) is 3.18. The minimum atomic E-state index is 0.270. The number of rotatable bonds is 3. The number of hydrogen-bond donors (Lipinski definition) is 1. The first-order valence-electron chi connectivity index (χ1n) is 6.30. The summed E-state index contributed by atoms with van der Waals surface area (Å²) in [6.45, 7) is 0.455. The first kappa shape index (κ1) is 12.7. The summed E-state index contributed by atoms with van der Waals surface area (Å²) in [4.78, 5) is 4.24. The molecule has 2 rings (SSSR count). The van der Waals surface area contributed by atoms with Crippen LogP contribution in [-0.4, -0.2) is 11.1 Å². The third kappa shape index (κ3) is 3.58. The Hall–Kier alpha value is -0.800. The highest BCUT2D eigenvalue weighted by molar-refractivity contribution is 6.31. The molecule has 0 spiro atoms. The molecule has 1 aromatic rings. The van der Waals surface area contributed by atoms with Crippen molar-refractivity contribution < 1.29 is 4.74 Å². The second-order valence-corrected chi connectivity index (χ2v) is 4.97. The number of pyridine rings is 1. The Morgan fingerprint density at radius 3 is 2.59 bits per heavy atom. The standard InChI is InChI=1S/C13H19ClN2O/c14-12-7-10(8-15)9-16-13(12)17-11-5-3-1-2-4-6-11/h7,9,11H,1-6,8,15H2. The summed E-state index contributed by atoms with van der Waals surface area (Å²) in [6.07, 6.45) is 9.32. The van der Waals surface area contributed by atoms with Crippen LogP contribution in [0.4, 0.5) is 0 Å². The molecule has 2 N–H and O–H groups in total. The van der Waals surface area contributed by atoms with E-state index in [0.29, 0.717) is 17.4 Å². The maximum absolute atomic E-state index is 6.13. The molecule has 1 heterocycles. The van der Waals surface area contributed by atoms with Crippen LogP contribution in [0, 0.1) is 0 Å². The molecular weight excluding hydrogens is 236 g/mol.